The smallest absolute Gasteiger partial charge is 0.340 e. The molecule has 1 saturated heterocycles. The lowest BCUT2D eigenvalue weighted by atomic mass is 9.86. The van der Waals surface area contributed by atoms with Crippen LogP contribution in [0.15, 0.2) is 42.2 Å². The first-order chi connectivity index (χ1) is 14.2. The van der Waals surface area contributed by atoms with E-state index in [1.165, 1.54) is 5.56 Å². The van der Waals surface area contributed by atoms with Crippen molar-refractivity contribution in [3.63, 3.8) is 0 Å². The van der Waals surface area contributed by atoms with Crippen LogP contribution in [0.1, 0.15) is 60.7 Å². The van der Waals surface area contributed by atoms with Gasteiger partial charge in [-0.05, 0) is 54.0 Å². The van der Waals surface area contributed by atoms with E-state index < -0.39 is 12.1 Å². The normalized spacial score (nSPS) is 19.7. The number of benzene rings is 2. The van der Waals surface area contributed by atoms with E-state index in [0.29, 0.717) is 35.7 Å². The van der Waals surface area contributed by atoms with E-state index in [-0.39, 0.29) is 17.0 Å². The minimum atomic E-state index is -0.521. The lowest BCUT2D eigenvalue weighted by molar-refractivity contribution is -0.144. The molecule has 156 valence electrons. The summed E-state index contributed by atoms with van der Waals surface area (Å²) in [6.45, 7) is 8.86. The van der Waals surface area contributed by atoms with Crippen molar-refractivity contribution in [2.75, 3.05) is 6.61 Å². The fourth-order valence-electron chi connectivity index (χ4n) is 3.71. The molecular formula is C25H26O5. The Bertz CT molecular complexity index is 1020. The third kappa shape index (κ3) is 4.03. The summed E-state index contributed by atoms with van der Waals surface area (Å²) in [5.74, 6) is 0.451. The molecule has 0 aliphatic carbocycles. The molecule has 30 heavy (non-hydrogen) atoms. The predicted molar refractivity (Wildman–Crippen MR) is 114 cm³/mol. The number of fused-ring (bicyclic) bond motifs is 1. The maximum Gasteiger partial charge on any atom is 0.340 e. The molecule has 5 heteroatoms. The van der Waals surface area contributed by atoms with Gasteiger partial charge in [-0.1, -0.05) is 45.0 Å². The van der Waals surface area contributed by atoms with Crippen LogP contribution in [-0.2, 0) is 14.9 Å². The zero-order valence-electron chi connectivity index (χ0n) is 17.8. The Kier molecular flexibility index (Phi) is 5.24. The highest BCUT2D eigenvalue weighted by atomic mass is 16.6. The monoisotopic (exact) mass is 406 g/mol. The van der Waals surface area contributed by atoms with Crippen molar-refractivity contribution in [2.24, 2.45) is 0 Å². The molecule has 0 radical (unpaired) electrons. The van der Waals surface area contributed by atoms with Crippen LogP contribution in [-0.4, -0.2) is 24.5 Å². The van der Waals surface area contributed by atoms with Gasteiger partial charge in [0.1, 0.15) is 11.5 Å². The van der Waals surface area contributed by atoms with Crippen LogP contribution in [0.5, 0.6) is 11.5 Å². The van der Waals surface area contributed by atoms with Crippen molar-refractivity contribution < 1.29 is 23.8 Å². The Balaban J connectivity index is 1.55. The maximum absolute atomic E-state index is 12.9. The van der Waals surface area contributed by atoms with Crippen molar-refractivity contribution in [1.29, 1.82) is 0 Å². The molecule has 0 spiro atoms. The van der Waals surface area contributed by atoms with Gasteiger partial charge < -0.3 is 14.2 Å². The number of Topliss-reactive ketones (excluding diaryl/α,β-unsaturated/α-hetero) is 1. The van der Waals surface area contributed by atoms with Gasteiger partial charge >= 0.3 is 5.97 Å². The number of hydrogen-bond donors (Lipinski definition) is 0. The minimum absolute atomic E-state index is 0.0655. The maximum atomic E-state index is 12.9. The Labute approximate surface area is 176 Å². The van der Waals surface area contributed by atoms with Gasteiger partial charge in [-0.3, -0.25) is 4.79 Å². The van der Waals surface area contributed by atoms with Gasteiger partial charge in [-0.15, -0.1) is 0 Å². The van der Waals surface area contributed by atoms with Gasteiger partial charge in [0.15, 0.2) is 11.9 Å². The zero-order chi connectivity index (χ0) is 21.5. The first kappa shape index (κ1) is 20.4. The molecular weight excluding hydrogens is 380 g/mol. The number of rotatable bonds is 3. The molecule has 0 aromatic heterocycles. The Morgan fingerprint density at radius 1 is 1.17 bits per heavy atom. The first-order valence-corrected chi connectivity index (χ1v) is 10.2. The lowest BCUT2D eigenvalue weighted by Crippen LogP contribution is -2.24. The Morgan fingerprint density at radius 2 is 1.90 bits per heavy atom. The molecule has 1 unspecified atom stereocenters. The highest BCUT2D eigenvalue weighted by molar-refractivity contribution is 6.15. The molecule has 1 atom stereocenters. The fourth-order valence-corrected chi connectivity index (χ4v) is 3.71. The summed E-state index contributed by atoms with van der Waals surface area (Å²) in [6.07, 6.45) is 2.74. The van der Waals surface area contributed by atoms with Crippen molar-refractivity contribution in [1.82, 2.24) is 0 Å². The molecule has 2 aliphatic heterocycles. The van der Waals surface area contributed by atoms with Crippen LogP contribution in [0.4, 0.5) is 0 Å². The van der Waals surface area contributed by atoms with Gasteiger partial charge in [0.2, 0.25) is 5.78 Å². The number of carbonyl (C=O) groups is 2. The minimum Gasteiger partial charge on any atom is -0.452 e. The van der Waals surface area contributed by atoms with Crippen molar-refractivity contribution in [3.05, 3.63) is 64.4 Å². The van der Waals surface area contributed by atoms with E-state index in [1.807, 2.05) is 19.1 Å². The SMILES string of the molecule is Cc1cc(OC(=O)C2CCCO2)cc2c1C(=O)/C(=C/c1ccc(C(C)(C)C)cc1)O2. The van der Waals surface area contributed by atoms with Crippen LogP contribution < -0.4 is 9.47 Å². The van der Waals surface area contributed by atoms with Crippen molar-refractivity contribution in [3.8, 4) is 11.5 Å². The molecule has 2 aliphatic rings. The Morgan fingerprint density at radius 3 is 2.53 bits per heavy atom. The summed E-state index contributed by atoms with van der Waals surface area (Å²) in [4.78, 5) is 25.1. The topological polar surface area (TPSA) is 61.8 Å². The van der Waals surface area contributed by atoms with Gasteiger partial charge in [-0.25, -0.2) is 4.79 Å². The van der Waals surface area contributed by atoms with E-state index in [4.69, 9.17) is 14.2 Å². The number of aryl methyl sites for hydroxylation is 1. The average Bonchev–Trinajstić information content (AvgIpc) is 3.31. The van der Waals surface area contributed by atoms with Gasteiger partial charge in [0.25, 0.3) is 0 Å². The number of ketones is 1. The third-order valence-corrected chi connectivity index (χ3v) is 5.43. The molecule has 0 saturated carbocycles. The van der Waals surface area contributed by atoms with Crippen LogP contribution in [0.2, 0.25) is 0 Å². The summed E-state index contributed by atoms with van der Waals surface area (Å²) < 4.78 is 16.7. The number of hydrogen-bond acceptors (Lipinski definition) is 5. The third-order valence-electron chi connectivity index (χ3n) is 5.43. The molecule has 1 fully saturated rings. The highest BCUT2D eigenvalue weighted by Crippen LogP contribution is 2.38. The van der Waals surface area contributed by atoms with E-state index in [2.05, 4.69) is 32.9 Å². The van der Waals surface area contributed by atoms with Gasteiger partial charge in [0, 0.05) is 12.7 Å². The van der Waals surface area contributed by atoms with Crippen LogP contribution >= 0.6 is 0 Å². The largest absolute Gasteiger partial charge is 0.452 e. The van der Waals surface area contributed by atoms with E-state index in [9.17, 15) is 9.59 Å². The molecule has 2 aromatic carbocycles. The van der Waals surface area contributed by atoms with Crippen molar-refractivity contribution >= 4 is 17.8 Å². The quantitative estimate of drug-likeness (QED) is 0.408. The molecule has 2 heterocycles. The first-order valence-electron chi connectivity index (χ1n) is 10.2. The number of carbonyl (C=O) groups excluding carboxylic acids is 2. The second-order valence-electron chi connectivity index (χ2n) is 8.85. The summed E-state index contributed by atoms with van der Waals surface area (Å²) in [7, 11) is 0. The number of esters is 1. The van der Waals surface area contributed by atoms with Crippen LogP contribution in [0, 0.1) is 6.92 Å². The molecule has 0 amide bonds. The average molecular weight is 406 g/mol. The molecule has 5 nitrogen and oxygen atoms in total. The Hall–Kier alpha value is -2.92. The fraction of sp³-hybridized carbons (Fsp3) is 0.360. The number of ether oxygens (including phenoxy) is 3. The summed E-state index contributed by atoms with van der Waals surface area (Å²) >= 11 is 0. The summed E-state index contributed by atoms with van der Waals surface area (Å²) in [5, 5.41) is 0. The second kappa shape index (κ2) is 7.73. The van der Waals surface area contributed by atoms with E-state index in [1.54, 1.807) is 18.2 Å². The van der Waals surface area contributed by atoms with Gasteiger partial charge in [-0.2, -0.15) is 0 Å². The van der Waals surface area contributed by atoms with Crippen molar-refractivity contribution in [2.45, 2.75) is 52.1 Å². The summed E-state index contributed by atoms with van der Waals surface area (Å²) in [5.41, 5.74) is 3.39. The zero-order valence-corrected chi connectivity index (χ0v) is 17.8. The molecule has 4 rings (SSSR count). The predicted octanol–water partition coefficient (Wildman–Crippen LogP) is 4.99. The van der Waals surface area contributed by atoms with Gasteiger partial charge in [0.05, 0.1) is 5.56 Å². The number of allylic oxidation sites excluding steroid dienone is 1. The lowest BCUT2D eigenvalue weighted by Gasteiger charge is -2.18. The van der Waals surface area contributed by atoms with Crippen LogP contribution in [0.25, 0.3) is 6.08 Å². The van der Waals surface area contributed by atoms with E-state index >= 15 is 0 Å². The molecule has 2 aromatic rings. The van der Waals surface area contributed by atoms with E-state index in [0.717, 1.165) is 12.0 Å². The van der Waals surface area contributed by atoms with Crippen LogP contribution in [0.3, 0.4) is 0 Å². The second-order valence-corrected chi connectivity index (χ2v) is 8.85. The molecule has 0 N–H and O–H groups in total. The standard InChI is InChI=1S/C25H26O5/c1-15-12-18(29-24(27)19-6-5-11-28-19)14-20-22(15)23(26)21(30-20)13-16-7-9-17(10-8-16)25(2,3)4/h7-10,12-14,19H,5-6,11H2,1-4H3/b21-13-. The highest BCUT2D eigenvalue weighted by Gasteiger charge is 2.31. The summed E-state index contributed by atoms with van der Waals surface area (Å²) in [6, 6.07) is 11.4. The molecule has 0 bridgehead atoms.